The molecule has 6 heteroatoms. The molecule has 2 rings (SSSR count). The molecule has 0 saturated heterocycles. The van der Waals surface area contributed by atoms with Gasteiger partial charge in [0.25, 0.3) is 0 Å². The summed E-state index contributed by atoms with van der Waals surface area (Å²) in [6, 6.07) is 12.7. The maximum absolute atomic E-state index is 11.0. The summed E-state index contributed by atoms with van der Waals surface area (Å²) in [4.78, 5) is 11.3. The van der Waals surface area contributed by atoms with Crippen molar-refractivity contribution >= 4 is 51.8 Å². The third-order valence-corrected chi connectivity index (χ3v) is 3.29. The van der Waals surface area contributed by atoms with Crippen LogP contribution in [0.1, 0.15) is 12.5 Å². The molecule has 0 saturated carbocycles. The number of rotatable bonds is 4. The SMILES string of the molecule is CC(=O)Nc1ccc(Nc2ccc(C(N)=S)cc2Cl)cc1. The van der Waals surface area contributed by atoms with Gasteiger partial charge in [0.05, 0.1) is 10.7 Å². The van der Waals surface area contributed by atoms with Crippen LogP contribution >= 0.6 is 23.8 Å². The first-order valence-electron chi connectivity index (χ1n) is 6.20. The highest BCUT2D eigenvalue weighted by Crippen LogP contribution is 2.27. The predicted molar refractivity (Wildman–Crippen MR) is 91.4 cm³/mol. The van der Waals surface area contributed by atoms with Crippen LogP contribution in [0.2, 0.25) is 5.02 Å². The van der Waals surface area contributed by atoms with Crippen LogP contribution in [0.4, 0.5) is 17.1 Å². The molecule has 2 aromatic rings. The van der Waals surface area contributed by atoms with Crippen molar-refractivity contribution in [3.63, 3.8) is 0 Å². The zero-order valence-electron chi connectivity index (χ0n) is 11.3. The fourth-order valence-electron chi connectivity index (χ4n) is 1.77. The Morgan fingerprint density at radius 3 is 2.29 bits per heavy atom. The van der Waals surface area contributed by atoms with Crippen LogP contribution in [-0.2, 0) is 4.79 Å². The molecule has 0 fully saturated rings. The number of nitrogens with one attached hydrogen (secondary N) is 2. The summed E-state index contributed by atoms with van der Waals surface area (Å²) in [6.45, 7) is 1.47. The molecule has 0 aliphatic heterocycles. The average molecular weight is 320 g/mol. The maximum Gasteiger partial charge on any atom is 0.221 e. The van der Waals surface area contributed by atoms with Gasteiger partial charge in [-0.25, -0.2) is 0 Å². The number of hydrogen-bond donors (Lipinski definition) is 3. The lowest BCUT2D eigenvalue weighted by Crippen LogP contribution is -2.09. The van der Waals surface area contributed by atoms with E-state index in [-0.39, 0.29) is 5.91 Å². The number of benzene rings is 2. The second-order valence-electron chi connectivity index (χ2n) is 4.44. The van der Waals surface area contributed by atoms with Gasteiger partial charge in [-0.15, -0.1) is 0 Å². The van der Waals surface area contributed by atoms with E-state index in [1.54, 1.807) is 18.2 Å². The van der Waals surface area contributed by atoms with Crippen molar-refractivity contribution in [2.24, 2.45) is 5.73 Å². The highest BCUT2D eigenvalue weighted by atomic mass is 35.5. The largest absolute Gasteiger partial charge is 0.389 e. The van der Waals surface area contributed by atoms with E-state index in [1.807, 2.05) is 24.3 Å². The molecule has 0 radical (unpaired) electrons. The Labute approximate surface area is 133 Å². The highest BCUT2D eigenvalue weighted by molar-refractivity contribution is 7.80. The number of thiocarbonyl (C=S) groups is 1. The van der Waals surface area contributed by atoms with Gasteiger partial charge >= 0.3 is 0 Å². The minimum Gasteiger partial charge on any atom is -0.389 e. The Morgan fingerprint density at radius 2 is 1.76 bits per heavy atom. The molecule has 0 atom stereocenters. The lowest BCUT2D eigenvalue weighted by molar-refractivity contribution is -0.114. The first kappa shape index (κ1) is 15.3. The van der Waals surface area contributed by atoms with Crippen LogP contribution in [0.3, 0.4) is 0 Å². The van der Waals surface area contributed by atoms with E-state index in [0.717, 1.165) is 22.6 Å². The molecule has 0 heterocycles. The first-order valence-corrected chi connectivity index (χ1v) is 6.98. The maximum atomic E-state index is 11.0. The number of anilines is 3. The molecule has 1 amide bonds. The van der Waals surface area contributed by atoms with Crippen LogP contribution in [0, 0.1) is 0 Å². The average Bonchev–Trinajstić information content (AvgIpc) is 2.42. The molecule has 0 unspecified atom stereocenters. The van der Waals surface area contributed by atoms with E-state index in [2.05, 4.69) is 10.6 Å². The van der Waals surface area contributed by atoms with Gasteiger partial charge in [-0.1, -0.05) is 23.8 Å². The van der Waals surface area contributed by atoms with E-state index in [9.17, 15) is 4.79 Å². The lowest BCUT2D eigenvalue weighted by Gasteiger charge is -2.10. The molecule has 4 N–H and O–H groups in total. The predicted octanol–water partition coefficient (Wildman–Crippen LogP) is 3.68. The number of hydrogen-bond acceptors (Lipinski definition) is 3. The zero-order valence-corrected chi connectivity index (χ0v) is 12.9. The van der Waals surface area contributed by atoms with Crippen LogP contribution < -0.4 is 16.4 Å². The normalized spacial score (nSPS) is 10.0. The van der Waals surface area contributed by atoms with Gasteiger partial charge in [0.1, 0.15) is 4.99 Å². The van der Waals surface area contributed by atoms with Gasteiger partial charge in [0, 0.05) is 23.9 Å². The van der Waals surface area contributed by atoms with Crippen molar-refractivity contribution in [1.82, 2.24) is 0 Å². The fraction of sp³-hybridized carbons (Fsp3) is 0.0667. The van der Waals surface area contributed by atoms with Gasteiger partial charge < -0.3 is 16.4 Å². The van der Waals surface area contributed by atoms with Gasteiger partial charge in [0.2, 0.25) is 5.91 Å². The standard InChI is InChI=1S/C15H14ClN3OS/c1-9(20)18-11-3-5-12(6-4-11)19-14-7-2-10(15(17)21)8-13(14)16/h2-8,19H,1H3,(H2,17,21)(H,18,20). The molecule has 0 aliphatic rings. The summed E-state index contributed by atoms with van der Waals surface area (Å²) >= 11 is 11.1. The van der Waals surface area contributed by atoms with Crippen LogP contribution in [0.5, 0.6) is 0 Å². The second kappa shape index (κ2) is 6.56. The molecular weight excluding hydrogens is 306 g/mol. The van der Waals surface area contributed by atoms with Crippen LogP contribution in [-0.4, -0.2) is 10.9 Å². The highest BCUT2D eigenvalue weighted by Gasteiger charge is 2.04. The Bertz CT molecular complexity index is 686. The monoisotopic (exact) mass is 319 g/mol. The van der Waals surface area contributed by atoms with Gasteiger partial charge in [0.15, 0.2) is 0 Å². The van der Waals surface area contributed by atoms with E-state index in [0.29, 0.717) is 10.0 Å². The van der Waals surface area contributed by atoms with Crippen molar-refractivity contribution in [2.75, 3.05) is 10.6 Å². The number of carbonyl (C=O) groups is 1. The Kier molecular flexibility index (Phi) is 4.77. The van der Waals surface area contributed by atoms with E-state index < -0.39 is 0 Å². The quantitative estimate of drug-likeness (QED) is 0.752. The van der Waals surface area contributed by atoms with Crippen molar-refractivity contribution in [3.8, 4) is 0 Å². The van der Waals surface area contributed by atoms with E-state index in [1.165, 1.54) is 6.92 Å². The van der Waals surface area contributed by atoms with E-state index in [4.69, 9.17) is 29.6 Å². The van der Waals surface area contributed by atoms with Crippen molar-refractivity contribution < 1.29 is 4.79 Å². The Balaban J connectivity index is 2.14. The molecule has 0 bridgehead atoms. The van der Waals surface area contributed by atoms with Crippen LogP contribution in [0.15, 0.2) is 42.5 Å². The van der Waals surface area contributed by atoms with Crippen LogP contribution in [0.25, 0.3) is 0 Å². The summed E-state index contributed by atoms with van der Waals surface area (Å²) in [5.41, 5.74) is 8.63. The Hall–Kier alpha value is -2.11. The zero-order chi connectivity index (χ0) is 15.4. The summed E-state index contributed by atoms with van der Waals surface area (Å²) < 4.78 is 0. The van der Waals surface area contributed by atoms with Gasteiger partial charge in [-0.3, -0.25) is 4.79 Å². The molecule has 0 spiro atoms. The number of amides is 1. The Morgan fingerprint density at radius 1 is 1.14 bits per heavy atom. The van der Waals surface area contributed by atoms with Crippen molar-refractivity contribution in [2.45, 2.75) is 6.92 Å². The van der Waals surface area contributed by atoms with Gasteiger partial charge in [-0.05, 0) is 42.5 Å². The number of halogens is 1. The number of carbonyl (C=O) groups excluding carboxylic acids is 1. The van der Waals surface area contributed by atoms with Crippen molar-refractivity contribution in [3.05, 3.63) is 53.1 Å². The fourth-order valence-corrected chi connectivity index (χ4v) is 2.12. The topological polar surface area (TPSA) is 67.2 Å². The van der Waals surface area contributed by atoms with Crippen molar-refractivity contribution in [1.29, 1.82) is 0 Å². The smallest absolute Gasteiger partial charge is 0.221 e. The minimum atomic E-state index is -0.105. The minimum absolute atomic E-state index is 0.105. The summed E-state index contributed by atoms with van der Waals surface area (Å²) in [7, 11) is 0. The lowest BCUT2D eigenvalue weighted by atomic mass is 10.2. The number of nitrogens with two attached hydrogens (primary N) is 1. The molecule has 0 aliphatic carbocycles. The second-order valence-corrected chi connectivity index (χ2v) is 5.29. The van der Waals surface area contributed by atoms with Gasteiger partial charge in [-0.2, -0.15) is 0 Å². The molecule has 108 valence electrons. The summed E-state index contributed by atoms with van der Waals surface area (Å²) in [5.74, 6) is -0.105. The third-order valence-electron chi connectivity index (χ3n) is 2.74. The summed E-state index contributed by atoms with van der Waals surface area (Å²) in [6.07, 6.45) is 0. The summed E-state index contributed by atoms with van der Waals surface area (Å²) in [5, 5.41) is 6.43. The first-order chi connectivity index (χ1) is 9.95. The molecule has 2 aromatic carbocycles. The van der Waals surface area contributed by atoms with E-state index >= 15 is 0 Å². The molecule has 4 nitrogen and oxygen atoms in total. The molecular formula is C15H14ClN3OS. The molecule has 0 aromatic heterocycles. The molecule has 21 heavy (non-hydrogen) atoms. The third kappa shape index (κ3) is 4.18.